The van der Waals surface area contributed by atoms with Crippen molar-refractivity contribution >= 4 is 11.6 Å². The highest BCUT2D eigenvalue weighted by atomic mass is 35.5. The molecule has 0 spiro atoms. The maximum Gasteiger partial charge on any atom is 0.262 e. The van der Waals surface area contributed by atoms with Crippen LogP contribution >= 0.6 is 11.6 Å². The minimum atomic E-state index is -0.422. The van der Waals surface area contributed by atoms with Gasteiger partial charge in [0.15, 0.2) is 0 Å². The fourth-order valence-corrected chi connectivity index (χ4v) is 1.85. The summed E-state index contributed by atoms with van der Waals surface area (Å²) < 4.78 is 0. The van der Waals surface area contributed by atoms with Crippen LogP contribution in [0, 0.1) is 0 Å². The number of rotatable bonds is 3. The van der Waals surface area contributed by atoms with Gasteiger partial charge in [-0.2, -0.15) is 4.98 Å². The maximum absolute atomic E-state index is 12.0. The fourth-order valence-electron chi connectivity index (χ4n) is 1.72. The van der Waals surface area contributed by atoms with Crippen molar-refractivity contribution in [2.24, 2.45) is 5.73 Å². The Morgan fingerprint density at radius 1 is 1.42 bits per heavy atom. The van der Waals surface area contributed by atoms with E-state index in [1.54, 1.807) is 24.3 Å². The molecule has 1 aromatic carbocycles. The molecule has 2 rings (SSSR count). The zero-order chi connectivity index (χ0) is 14.0. The summed E-state index contributed by atoms with van der Waals surface area (Å²) in [6.45, 7) is 1.87. The molecular formula is C13H14ClN3O2. The lowest BCUT2D eigenvalue weighted by molar-refractivity contribution is 0.446. The van der Waals surface area contributed by atoms with Crippen LogP contribution in [0.25, 0.3) is 11.1 Å². The second-order valence-electron chi connectivity index (χ2n) is 4.17. The first kappa shape index (κ1) is 13.6. The van der Waals surface area contributed by atoms with E-state index in [0.29, 0.717) is 17.0 Å². The van der Waals surface area contributed by atoms with Crippen LogP contribution < -0.4 is 11.3 Å². The number of aromatic nitrogens is 2. The third-order valence-electron chi connectivity index (χ3n) is 2.84. The molecule has 2 aromatic rings. The van der Waals surface area contributed by atoms with Gasteiger partial charge in [-0.3, -0.25) is 4.79 Å². The highest BCUT2D eigenvalue weighted by Crippen LogP contribution is 2.25. The largest absolute Gasteiger partial charge is 0.493 e. The van der Waals surface area contributed by atoms with Crippen molar-refractivity contribution in [1.29, 1.82) is 0 Å². The van der Waals surface area contributed by atoms with Gasteiger partial charge in [0, 0.05) is 5.02 Å². The van der Waals surface area contributed by atoms with Crippen LogP contribution in [-0.2, 0) is 0 Å². The summed E-state index contributed by atoms with van der Waals surface area (Å²) in [5.74, 6) is -0.0484. The Balaban J connectivity index is 2.54. The Hall–Kier alpha value is -1.85. The number of aromatic hydroxyl groups is 1. The van der Waals surface area contributed by atoms with E-state index in [2.05, 4.69) is 9.97 Å². The number of nitrogens with two attached hydrogens (primary N) is 1. The van der Waals surface area contributed by atoms with Crippen molar-refractivity contribution in [2.45, 2.75) is 19.4 Å². The van der Waals surface area contributed by atoms with Crippen molar-refractivity contribution < 1.29 is 5.11 Å². The monoisotopic (exact) mass is 279 g/mol. The third kappa shape index (κ3) is 2.77. The summed E-state index contributed by atoms with van der Waals surface area (Å²) >= 11 is 5.78. The summed E-state index contributed by atoms with van der Waals surface area (Å²) in [6.07, 6.45) is 0.614. The summed E-state index contributed by atoms with van der Waals surface area (Å²) in [7, 11) is 0. The summed E-state index contributed by atoms with van der Waals surface area (Å²) in [4.78, 5) is 18.6. The molecule has 0 saturated carbocycles. The lowest BCUT2D eigenvalue weighted by Gasteiger charge is -2.10. The number of benzene rings is 1. The van der Waals surface area contributed by atoms with Gasteiger partial charge in [0.2, 0.25) is 5.88 Å². The van der Waals surface area contributed by atoms with E-state index in [1.165, 1.54) is 0 Å². The van der Waals surface area contributed by atoms with Gasteiger partial charge in [0.1, 0.15) is 11.4 Å². The Morgan fingerprint density at radius 2 is 2.05 bits per heavy atom. The zero-order valence-corrected chi connectivity index (χ0v) is 11.1. The minimum absolute atomic E-state index is 0.115. The molecule has 6 heteroatoms. The molecule has 1 aromatic heterocycles. The molecule has 0 aliphatic heterocycles. The van der Waals surface area contributed by atoms with Gasteiger partial charge in [-0.05, 0) is 24.1 Å². The molecule has 0 bridgehead atoms. The first-order valence-electron chi connectivity index (χ1n) is 5.87. The van der Waals surface area contributed by atoms with Crippen LogP contribution in [0.15, 0.2) is 29.1 Å². The predicted molar refractivity (Wildman–Crippen MR) is 74.2 cm³/mol. The molecule has 0 saturated heterocycles. The van der Waals surface area contributed by atoms with Crippen molar-refractivity contribution in [1.82, 2.24) is 9.97 Å². The standard InChI is InChI=1S/C13H14ClN3O2/c1-2-9(15)11-16-12(18)10(13(19)17-11)7-3-5-8(14)6-4-7/h3-6,9H,2,15H2,1H3,(H2,16,17,18,19). The Labute approximate surface area is 115 Å². The normalized spacial score (nSPS) is 12.4. The molecule has 0 amide bonds. The summed E-state index contributed by atoms with van der Waals surface area (Å²) in [5, 5.41) is 10.5. The second kappa shape index (κ2) is 5.42. The molecule has 19 heavy (non-hydrogen) atoms. The quantitative estimate of drug-likeness (QED) is 0.803. The average Bonchev–Trinajstić information content (AvgIpc) is 2.39. The first-order chi connectivity index (χ1) is 9.02. The third-order valence-corrected chi connectivity index (χ3v) is 3.09. The highest BCUT2D eigenvalue weighted by Gasteiger charge is 2.15. The Morgan fingerprint density at radius 3 is 2.58 bits per heavy atom. The van der Waals surface area contributed by atoms with Gasteiger partial charge >= 0.3 is 0 Å². The average molecular weight is 280 g/mol. The lowest BCUT2D eigenvalue weighted by Crippen LogP contribution is -2.20. The second-order valence-corrected chi connectivity index (χ2v) is 4.61. The fraction of sp³-hybridized carbons (Fsp3) is 0.231. The van der Waals surface area contributed by atoms with Gasteiger partial charge in [0.05, 0.1) is 6.04 Å². The zero-order valence-electron chi connectivity index (χ0n) is 10.4. The molecule has 4 N–H and O–H groups in total. The molecule has 5 nitrogen and oxygen atoms in total. The van der Waals surface area contributed by atoms with Crippen molar-refractivity contribution in [3.8, 4) is 17.0 Å². The van der Waals surface area contributed by atoms with Gasteiger partial charge in [-0.1, -0.05) is 30.7 Å². The SMILES string of the molecule is CCC(N)c1nc(O)c(-c2ccc(Cl)cc2)c(=O)[nH]1. The smallest absolute Gasteiger partial charge is 0.262 e. The first-order valence-corrected chi connectivity index (χ1v) is 6.25. The van der Waals surface area contributed by atoms with Crippen molar-refractivity contribution in [2.75, 3.05) is 0 Å². The molecule has 1 heterocycles. The van der Waals surface area contributed by atoms with Gasteiger partial charge in [0.25, 0.3) is 5.56 Å². The summed E-state index contributed by atoms with van der Waals surface area (Å²) in [5.41, 5.74) is 6.02. The van der Waals surface area contributed by atoms with Gasteiger partial charge in [-0.25, -0.2) is 0 Å². The van der Waals surface area contributed by atoms with E-state index < -0.39 is 11.6 Å². The van der Waals surface area contributed by atoms with E-state index in [-0.39, 0.29) is 17.3 Å². The van der Waals surface area contributed by atoms with Crippen molar-refractivity contribution in [3.63, 3.8) is 0 Å². The highest BCUT2D eigenvalue weighted by molar-refractivity contribution is 6.30. The van der Waals surface area contributed by atoms with Crippen LogP contribution in [0.1, 0.15) is 25.2 Å². The van der Waals surface area contributed by atoms with E-state index >= 15 is 0 Å². The van der Waals surface area contributed by atoms with Gasteiger partial charge in [-0.15, -0.1) is 0 Å². The summed E-state index contributed by atoms with van der Waals surface area (Å²) in [6, 6.07) is 6.17. The maximum atomic E-state index is 12.0. The predicted octanol–water partition coefficient (Wildman–Crippen LogP) is 2.21. The minimum Gasteiger partial charge on any atom is -0.493 e. The Bertz CT molecular complexity index is 637. The number of hydrogen-bond acceptors (Lipinski definition) is 4. The number of H-pyrrole nitrogens is 1. The van der Waals surface area contributed by atoms with Gasteiger partial charge < -0.3 is 15.8 Å². The molecule has 0 fully saturated rings. The van der Waals surface area contributed by atoms with Crippen LogP contribution in [0.2, 0.25) is 5.02 Å². The number of aromatic amines is 1. The molecule has 1 atom stereocenters. The van der Waals surface area contributed by atoms with Crippen LogP contribution in [0.3, 0.4) is 0 Å². The molecular weight excluding hydrogens is 266 g/mol. The van der Waals surface area contributed by atoms with Crippen LogP contribution in [-0.4, -0.2) is 15.1 Å². The van der Waals surface area contributed by atoms with Crippen molar-refractivity contribution in [3.05, 3.63) is 45.5 Å². The number of halogens is 1. The lowest BCUT2D eigenvalue weighted by atomic mass is 10.1. The number of nitrogens with zero attached hydrogens (tertiary/aromatic N) is 1. The molecule has 0 radical (unpaired) electrons. The number of hydrogen-bond donors (Lipinski definition) is 3. The van der Waals surface area contributed by atoms with E-state index in [0.717, 1.165) is 0 Å². The molecule has 0 aliphatic carbocycles. The van der Waals surface area contributed by atoms with E-state index in [4.69, 9.17) is 17.3 Å². The molecule has 1 unspecified atom stereocenters. The molecule has 0 aliphatic rings. The van der Waals surface area contributed by atoms with E-state index in [9.17, 15) is 9.90 Å². The van der Waals surface area contributed by atoms with Crippen LogP contribution in [0.4, 0.5) is 0 Å². The molecule has 100 valence electrons. The van der Waals surface area contributed by atoms with E-state index in [1.807, 2.05) is 6.92 Å². The Kier molecular flexibility index (Phi) is 3.87. The number of nitrogens with one attached hydrogen (secondary N) is 1. The van der Waals surface area contributed by atoms with Crippen LogP contribution in [0.5, 0.6) is 5.88 Å². The topological polar surface area (TPSA) is 92.0 Å².